The van der Waals surface area contributed by atoms with E-state index in [0.29, 0.717) is 0 Å². The molecule has 0 aliphatic carbocycles. The number of aliphatic hydroxyl groups excluding tert-OH is 1. The highest BCUT2D eigenvalue weighted by molar-refractivity contribution is 5.91. The van der Waals surface area contributed by atoms with Gasteiger partial charge in [0, 0.05) is 12.6 Å². The summed E-state index contributed by atoms with van der Waals surface area (Å²) in [6.45, 7) is 2.24. The molecule has 15 heavy (non-hydrogen) atoms. The van der Waals surface area contributed by atoms with Gasteiger partial charge in [0.1, 0.15) is 0 Å². The molecule has 2 N–H and O–H groups in total. The highest BCUT2D eigenvalue weighted by atomic mass is 16.3. The second kappa shape index (κ2) is 5.98. The summed E-state index contributed by atoms with van der Waals surface area (Å²) in [5, 5.41) is 11.1. The van der Waals surface area contributed by atoms with E-state index in [0.717, 1.165) is 11.1 Å². The number of amides is 1. The van der Waals surface area contributed by atoms with Gasteiger partial charge in [-0.3, -0.25) is 4.79 Å². The highest BCUT2D eigenvalue weighted by Crippen LogP contribution is 2.08. The molecule has 0 fully saturated rings. The number of hydrogen-bond acceptors (Lipinski definition) is 2. The van der Waals surface area contributed by atoms with Crippen LogP contribution in [0.4, 0.5) is 0 Å². The second-order valence-electron chi connectivity index (χ2n) is 3.20. The molecule has 0 saturated heterocycles. The van der Waals surface area contributed by atoms with Gasteiger partial charge in [-0.25, -0.2) is 0 Å². The fourth-order valence-corrected chi connectivity index (χ4v) is 1.18. The van der Waals surface area contributed by atoms with E-state index in [1.54, 1.807) is 6.08 Å². The molecule has 3 nitrogen and oxygen atoms in total. The number of carbonyl (C=O) groups excluding carboxylic acids is 1. The molecule has 0 atom stereocenters. The predicted molar refractivity (Wildman–Crippen MR) is 60.3 cm³/mol. The van der Waals surface area contributed by atoms with Crippen molar-refractivity contribution in [3.8, 4) is 0 Å². The minimum absolute atomic E-state index is 0.0378. The molecule has 1 aromatic rings. The van der Waals surface area contributed by atoms with E-state index in [1.807, 2.05) is 31.2 Å². The zero-order valence-electron chi connectivity index (χ0n) is 8.73. The van der Waals surface area contributed by atoms with Crippen molar-refractivity contribution in [3.05, 3.63) is 41.5 Å². The molecular formula is C12H15NO2. The van der Waals surface area contributed by atoms with Crippen LogP contribution in [-0.2, 0) is 4.79 Å². The van der Waals surface area contributed by atoms with Gasteiger partial charge in [0.15, 0.2) is 0 Å². The van der Waals surface area contributed by atoms with Gasteiger partial charge in [-0.15, -0.1) is 0 Å². The van der Waals surface area contributed by atoms with E-state index in [2.05, 4.69) is 5.32 Å². The van der Waals surface area contributed by atoms with Crippen molar-refractivity contribution in [3.63, 3.8) is 0 Å². The molecule has 0 heterocycles. The lowest BCUT2D eigenvalue weighted by Crippen LogP contribution is -2.24. The quantitative estimate of drug-likeness (QED) is 0.724. The number of aliphatic hydroxyl groups is 1. The van der Waals surface area contributed by atoms with Crippen molar-refractivity contribution in [2.45, 2.75) is 6.92 Å². The van der Waals surface area contributed by atoms with Gasteiger partial charge < -0.3 is 10.4 Å². The third-order valence-corrected chi connectivity index (χ3v) is 2.01. The number of nitrogens with one attached hydrogen (secondary N) is 1. The van der Waals surface area contributed by atoms with Crippen LogP contribution < -0.4 is 5.32 Å². The molecule has 0 aliphatic rings. The zero-order valence-corrected chi connectivity index (χ0v) is 8.73. The van der Waals surface area contributed by atoms with Gasteiger partial charge >= 0.3 is 0 Å². The largest absolute Gasteiger partial charge is 0.395 e. The molecule has 0 saturated carbocycles. The number of aryl methyl sites for hydroxylation is 1. The van der Waals surface area contributed by atoms with Gasteiger partial charge in [-0.1, -0.05) is 24.3 Å². The van der Waals surface area contributed by atoms with Crippen LogP contribution in [0.5, 0.6) is 0 Å². The summed E-state index contributed by atoms with van der Waals surface area (Å²) in [5.41, 5.74) is 2.15. The van der Waals surface area contributed by atoms with Crippen LogP contribution >= 0.6 is 0 Å². The molecule has 1 aromatic carbocycles. The molecule has 80 valence electrons. The summed E-state index contributed by atoms with van der Waals surface area (Å²) in [6.07, 6.45) is 3.24. The SMILES string of the molecule is Cc1ccccc1/C=C/C(=O)NCCO. The molecule has 1 amide bonds. The van der Waals surface area contributed by atoms with Gasteiger partial charge in [0.2, 0.25) is 5.91 Å². The van der Waals surface area contributed by atoms with Crippen LogP contribution in [0, 0.1) is 6.92 Å². The summed E-state index contributed by atoms with van der Waals surface area (Å²) < 4.78 is 0. The first-order valence-electron chi connectivity index (χ1n) is 4.86. The van der Waals surface area contributed by atoms with E-state index in [4.69, 9.17) is 5.11 Å². The maximum atomic E-state index is 11.2. The minimum Gasteiger partial charge on any atom is -0.395 e. The number of rotatable bonds is 4. The lowest BCUT2D eigenvalue weighted by Gasteiger charge is -1.99. The first-order chi connectivity index (χ1) is 7.24. The van der Waals surface area contributed by atoms with E-state index in [9.17, 15) is 4.79 Å². The highest BCUT2D eigenvalue weighted by Gasteiger charge is 1.94. The Balaban J connectivity index is 2.58. The molecular weight excluding hydrogens is 190 g/mol. The fourth-order valence-electron chi connectivity index (χ4n) is 1.18. The molecule has 0 aliphatic heterocycles. The smallest absolute Gasteiger partial charge is 0.244 e. The summed E-state index contributed by atoms with van der Waals surface area (Å²) in [4.78, 5) is 11.2. The Morgan fingerprint density at radius 2 is 2.20 bits per heavy atom. The van der Waals surface area contributed by atoms with Gasteiger partial charge in [-0.05, 0) is 24.1 Å². The third-order valence-electron chi connectivity index (χ3n) is 2.01. The lowest BCUT2D eigenvalue weighted by atomic mass is 10.1. The molecule has 0 aromatic heterocycles. The molecule has 0 radical (unpaired) electrons. The Hall–Kier alpha value is -1.61. The molecule has 0 spiro atoms. The Morgan fingerprint density at radius 1 is 1.47 bits per heavy atom. The third kappa shape index (κ3) is 3.95. The van der Waals surface area contributed by atoms with Crippen molar-refractivity contribution in [1.82, 2.24) is 5.32 Å². The van der Waals surface area contributed by atoms with Crippen LogP contribution in [0.25, 0.3) is 6.08 Å². The average molecular weight is 205 g/mol. The van der Waals surface area contributed by atoms with Crippen LogP contribution in [0.3, 0.4) is 0 Å². The normalized spacial score (nSPS) is 10.5. The van der Waals surface area contributed by atoms with E-state index in [1.165, 1.54) is 6.08 Å². The standard InChI is InChI=1S/C12H15NO2/c1-10-4-2-3-5-11(10)6-7-12(15)13-8-9-14/h2-7,14H,8-9H2,1H3,(H,13,15)/b7-6+. The Labute approximate surface area is 89.4 Å². The first-order valence-corrected chi connectivity index (χ1v) is 4.86. The fraction of sp³-hybridized carbons (Fsp3) is 0.250. The summed E-state index contributed by atoms with van der Waals surface area (Å²) in [5.74, 6) is -0.188. The summed E-state index contributed by atoms with van der Waals surface area (Å²) in [7, 11) is 0. The Morgan fingerprint density at radius 3 is 2.87 bits per heavy atom. The molecule has 0 unspecified atom stereocenters. The molecule has 3 heteroatoms. The molecule has 1 rings (SSSR count). The minimum atomic E-state index is -0.188. The number of hydrogen-bond donors (Lipinski definition) is 2. The van der Waals surface area contributed by atoms with Crippen molar-refractivity contribution < 1.29 is 9.90 Å². The topological polar surface area (TPSA) is 49.3 Å². The first kappa shape index (κ1) is 11.5. The monoisotopic (exact) mass is 205 g/mol. The molecule has 0 bridgehead atoms. The predicted octanol–water partition coefficient (Wildman–Crippen LogP) is 1.12. The lowest BCUT2D eigenvalue weighted by molar-refractivity contribution is -0.116. The van der Waals surface area contributed by atoms with Gasteiger partial charge in [0.05, 0.1) is 6.61 Å². The van der Waals surface area contributed by atoms with Crippen molar-refractivity contribution in [2.75, 3.05) is 13.2 Å². The van der Waals surface area contributed by atoms with Crippen LogP contribution in [0.15, 0.2) is 30.3 Å². The van der Waals surface area contributed by atoms with Gasteiger partial charge in [0.25, 0.3) is 0 Å². The number of benzene rings is 1. The maximum Gasteiger partial charge on any atom is 0.244 e. The van der Waals surface area contributed by atoms with E-state index < -0.39 is 0 Å². The Kier molecular flexibility index (Phi) is 4.57. The van der Waals surface area contributed by atoms with E-state index in [-0.39, 0.29) is 19.1 Å². The average Bonchev–Trinajstić information content (AvgIpc) is 2.25. The Bertz CT molecular complexity index is 358. The zero-order chi connectivity index (χ0) is 11.1. The van der Waals surface area contributed by atoms with Crippen molar-refractivity contribution in [2.24, 2.45) is 0 Å². The van der Waals surface area contributed by atoms with Crippen LogP contribution in [0.1, 0.15) is 11.1 Å². The van der Waals surface area contributed by atoms with Crippen LogP contribution in [0.2, 0.25) is 0 Å². The van der Waals surface area contributed by atoms with Crippen molar-refractivity contribution >= 4 is 12.0 Å². The van der Waals surface area contributed by atoms with Crippen LogP contribution in [-0.4, -0.2) is 24.2 Å². The second-order valence-corrected chi connectivity index (χ2v) is 3.20. The van der Waals surface area contributed by atoms with E-state index >= 15 is 0 Å². The number of carbonyl (C=O) groups is 1. The maximum absolute atomic E-state index is 11.2. The van der Waals surface area contributed by atoms with Gasteiger partial charge in [-0.2, -0.15) is 0 Å². The summed E-state index contributed by atoms with van der Waals surface area (Å²) >= 11 is 0. The summed E-state index contributed by atoms with van der Waals surface area (Å²) in [6, 6.07) is 7.83. The van der Waals surface area contributed by atoms with Crippen molar-refractivity contribution in [1.29, 1.82) is 0 Å².